The van der Waals surface area contributed by atoms with E-state index in [1.54, 1.807) is 7.11 Å². The van der Waals surface area contributed by atoms with E-state index in [4.69, 9.17) is 4.74 Å². The number of likely N-dealkylation sites (tertiary alicyclic amines) is 1. The number of nitrogens with one attached hydrogen (secondary N) is 1. The van der Waals surface area contributed by atoms with Gasteiger partial charge >= 0.3 is 37.3 Å². The summed E-state index contributed by atoms with van der Waals surface area (Å²) in [5.74, 6) is 1.64. The van der Waals surface area contributed by atoms with Crippen molar-refractivity contribution in [1.29, 1.82) is 0 Å². The number of rotatable bonds is 6. The quantitative estimate of drug-likeness (QED) is 0.481. The van der Waals surface area contributed by atoms with Gasteiger partial charge in [0.15, 0.2) is 0 Å². The van der Waals surface area contributed by atoms with Gasteiger partial charge in [-0.15, -0.1) is 0 Å². The Kier molecular flexibility index (Phi) is 7.57. The van der Waals surface area contributed by atoms with Crippen molar-refractivity contribution in [3.63, 3.8) is 0 Å². The molecule has 0 unspecified atom stereocenters. The van der Waals surface area contributed by atoms with Crippen molar-refractivity contribution in [3.05, 3.63) is 55.4 Å². The number of alkyl halides is 3. The average Bonchev–Trinajstić information content (AvgIpc) is 2.58. The molecule has 2 aliphatic rings. The molecule has 0 aliphatic carbocycles. The van der Waals surface area contributed by atoms with Crippen LogP contribution in [0.15, 0.2) is 30.5 Å². The number of aromatic nitrogens is 2. The van der Waals surface area contributed by atoms with Gasteiger partial charge in [-0.25, -0.2) is 16.0 Å². The molecular formula is C21H24F3N5OU. The van der Waals surface area contributed by atoms with E-state index in [0.29, 0.717) is 11.7 Å². The smallest absolute Gasteiger partial charge is 0.378 e. The predicted molar refractivity (Wildman–Crippen MR) is 109 cm³/mol. The van der Waals surface area contributed by atoms with E-state index in [-0.39, 0.29) is 49.1 Å². The number of ether oxygens (including phenoxy) is 1. The molecule has 31 heavy (non-hydrogen) atoms. The van der Waals surface area contributed by atoms with Gasteiger partial charge in [0, 0.05) is 45.4 Å². The largest absolute Gasteiger partial charge is 2.00 e. The normalized spacial score (nSPS) is 17.8. The third-order valence-corrected chi connectivity index (χ3v) is 5.58. The second-order valence-corrected chi connectivity index (χ2v) is 7.76. The van der Waals surface area contributed by atoms with Crippen LogP contribution in [-0.2, 0) is 10.9 Å². The summed E-state index contributed by atoms with van der Waals surface area (Å²) in [6.07, 6.45) is -3.13. The van der Waals surface area contributed by atoms with Gasteiger partial charge in [0.1, 0.15) is 17.5 Å². The fraction of sp³-hybridized carbons (Fsp3) is 0.429. The average molecular weight is 657 g/mol. The van der Waals surface area contributed by atoms with E-state index in [0.717, 1.165) is 55.9 Å². The van der Waals surface area contributed by atoms with Crippen molar-refractivity contribution >= 4 is 17.5 Å². The molecule has 0 saturated carbocycles. The van der Waals surface area contributed by atoms with Gasteiger partial charge in [0.05, 0.1) is 11.7 Å². The molecule has 0 amide bonds. The van der Waals surface area contributed by atoms with Crippen LogP contribution in [-0.4, -0.2) is 60.3 Å². The Morgan fingerprint density at radius 1 is 1.13 bits per heavy atom. The van der Waals surface area contributed by atoms with Gasteiger partial charge in [0.2, 0.25) is 0 Å². The van der Waals surface area contributed by atoms with Crippen LogP contribution in [0.25, 0.3) is 0 Å². The molecule has 6 nitrogen and oxygen atoms in total. The number of hydrogen-bond donors (Lipinski definition) is 1. The maximum Gasteiger partial charge on any atom is 2.00 e. The molecule has 0 radical (unpaired) electrons. The summed E-state index contributed by atoms with van der Waals surface area (Å²) < 4.78 is 44.4. The van der Waals surface area contributed by atoms with Crippen molar-refractivity contribution < 1.29 is 49.0 Å². The summed E-state index contributed by atoms with van der Waals surface area (Å²) in [7, 11) is 1.68. The zero-order chi connectivity index (χ0) is 21.5. The second kappa shape index (κ2) is 9.65. The van der Waals surface area contributed by atoms with Crippen LogP contribution in [0, 0.1) is 45.0 Å². The molecule has 2 aromatic rings. The molecule has 0 aromatic carbocycles. The molecule has 4 rings (SSSR count). The zero-order valence-corrected chi connectivity index (χ0v) is 21.4. The van der Waals surface area contributed by atoms with E-state index in [2.05, 4.69) is 38.9 Å². The Balaban J connectivity index is 0.00000272. The second-order valence-electron chi connectivity index (χ2n) is 7.76. The third-order valence-electron chi connectivity index (χ3n) is 5.58. The van der Waals surface area contributed by atoms with Crippen LogP contribution in [0.4, 0.5) is 30.6 Å². The van der Waals surface area contributed by atoms with Crippen LogP contribution in [0.2, 0.25) is 0 Å². The van der Waals surface area contributed by atoms with E-state index in [9.17, 15) is 13.2 Å². The molecule has 2 aliphatic heterocycles. The Hall–Kier alpha value is -1.34. The minimum absolute atomic E-state index is 0. The van der Waals surface area contributed by atoms with E-state index in [1.165, 1.54) is 0 Å². The van der Waals surface area contributed by atoms with E-state index in [1.807, 2.05) is 12.1 Å². The van der Waals surface area contributed by atoms with Gasteiger partial charge in [-0.1, -0.05) is 0 Å². The van der Waals surface area contributed by atoms with Crippen molar-refractivity contribution in [2.24, 2.45) is 0 Å². The fourth-order valence-electron chi connectivity index (χ4n) is 3.60. The number of anilines is 3. The van der Waals surface area contributed by atoms with Crippen LogP contribution < -0.4 is 10.2 Å². The van der Waals surface area contributed by atoms with E-state index < -0.39 is 11.7 Å². The van der Waals surface area contributed by atoms with Crippen molar-refractivity contribution in [3.8, 4) is 0 Å². The summed E-state index contributed by atoms with van der Waals surface area (Å²) in [6.45, 7) is 11.0. The number of nitrogens with zero attached hydrogens (tertiary/aromatic N) is 4. The third kappa shape index (κ3) is 5.54. The SMILES string of the molecule is [CH2-]C([CH2-])N1CC(c2cc(Nc3cc(C(F)(F)F)ccn3)nc(N3CC(OC)C3)c2)C1.[U+2]. The van der Waals surface area contributed by atoms with Crippen LogP contribution in [0.5, 0.6) is 0 Å². The summed E-state index contributed by atoms with van der Waals surface area (Å²) >= 11 is 0. The van der Waals surface area contributed by atoms with E-state index >= 15 is 0 Å². The number of hydrogen-bond acceptors (Lipinski definition) is 6. The van der Waals surface area contributed by atoms with Gasteiger partial charge in [0.25, 0.3) is 0 Å². The van der Waals surface area contributed by atoms with Crippen LogP contribution in [0.3, 0.4) is 0 Å². The molecule has 164 valence electrons. The maximum atomic E-state index is 13.0. The van der Waals surface area contributed by atoms with Crippen LogP contribution in [0.1, 0.15) is 17.0 Å². The standard InChI is InChI=1S/C21H24F3N5O.U/c1-13(2)28-9-15(10-28)14-6-19(27-20(7-14)29-11-17(12-29)30-3)26-18-8-16(4-5-25-18)21(22,23)24;/h4-8,13,15,17H,1-2,9-12H2,3H3,(H,25,26,27);/q-2;+2. The molecule has 2 saturated heterocycles. The summed E-state index contributed by atoms with van der Waals surface area (Å²) in [6, 6.07) is 5.84. The fourth-order valence-corrected chi connectivity index (χ4v) is 3.60. The first-order valence-electron chi connectivity index (χ1n) is 9.73. The molecule has 0 bridgehead atoms. The maximum absolute atomic E-state index is 13.0. The molecule has 1 N–H and O–H groups in total. The zero-order valence-electron chi connectivity index (χ0n) is 17.2. The molecule has 2 fully saturated rings. The van der Waals surface area contributed by atoms with Crippen LogP contribution >= 0.6 is 0 Å². The number of halogens is 3. The Morgan fingerprint density at radius 3 is 2.45 bits per heavy atom. The molecule has 0 spiro atoms. The molecule has 0 atom stereocenters. The first kappa shape index (κ1) is 24.3. The van der Waals surface area contributed by atoms with Crippen molar-refractivity contribution in [1.82, 2.24) is 14.9 Å². The van der Waals surface area contributed by atoms with Gasteiger partial charge in [-0.05, 0) is 29.8 Å². The first-order chi connectivity index (χ1) is 14.2. The van der Waals surface area contributed by atoms with Crippen molar-refractivity contribution in [2.45, 2.75) is 24.2 Å². The molecule has 4 heterocycles. The summed E-state index contributed by atoms with van der Waals surface area (Å²) in [4.78, 5) is 12.9. The monoisotopic (exact) mass is 657 g/mol. The van der Waals surface area contributed by atoms with Crippen molar-refractivity contribution in [2.75, 3.05) is 43.5 Å². The number of methoxy groups -OCH3 is 1. The minimum Gasteiger partial charge on any atom is -0.378 e. The Bertz CT molecular complexity index is 899. The minimum atomic E-state index is -4.43. The van der Waals surface area contributed by atoms with Gasteiger partial charge in [-0.2, -0.15) is 13.2 Å². The number of pyridine rings is 2. The molecule has 10 heteroatoms. The Morgan fingerprint density at radius 2 is 1.84 bits per heavy atom. The molecule has 2 aromatic heterocycles. The predicted octanol–water partition coefficient (Wildman–Crippen LogP) is 3.51. The van der Waals surface area contributed by atoms with Gasteiger partial charge < -0.3 is 33.7 Å². The Labute approximate surface area is 203 Å². The van der Waals surface area contributed by atoms with Gasteiger partial charge in [-0.3, -0.25) is 0 Å². The topological polar surface area (TPSA) is 53.5 Å². The molecular weight excluding hydrogens is 633 g/mol. The first-order valence-corrected chi connectivity index (χ1v) is 9.73. The summed E-state index contributed by atoms with van der Waals surface area (Å²) in [5.41, 5.74) is 0.320. The summed E-state index contributed by atoms with van der Waals surface area (Å²) in [5, 5.41) is 2.94.